The third-order valence-corrected chi connectivity index (χ3v) is 3.46. The van der Waals surface area contributed by atoms with Gasteiger partial charge in [0.1, 0.15) is 17.6 Å². The first kappa shape index (κ1) is 17.7. The highest BCUT2D eigenvalue weighted by Gasteiger charge is 2.23. The molecule has 2 N–H and O–H groups in total. The number of furan rings is 1. The fraction of sp³-hybridized carbons (Fsp3) is 0.333. The second-order valence-electron chi connectivity index (χ2n) is 5.93. The molecule has 2 aromatic rings. The van der Waals surface area contributed by atoms with Gasteiger partial charge in [-0.15, -0.1) is 0 Å². The van der Waals surface area contributed by atoms with Gasteiger partial charge in [-0.05, 0) is 36.6 Å². The van der Waals surface area contributed by atoms with E-state index in [-0.39, 0.29) is 23.9 Å². The molecular formula is C18H21FN2O3. The average Bonchev–Trinajstić information content (AvgIpc) is 3.05. The molecule has 0 spiro atoms. The van der Waals surface area contributed by atoms with Crippen molar-refractivity contribution in [2.24, 2.45) is 5.92 Å². The summed E-state index contributed by atoms with van der Waals surface area (Å²) in [7, 11) is 0. The van der Waals surface area contributed by atoms with E-state index < -0.39 is 17.8 Å². The number of carbonyl (C=O) groups is 2. The number of hydrogen-bond acceptors (Lipinski definition) is 3. The Morgan fingerprint density at radius 1 is 1.17 bits per heavy atom. The fourth-order valence-electron chi connectivity index (χ4n) is 2.29. The number of carbonyl (C=O) groups excluding carboxylic acids is 2. The molecule has 0 saturated carbocycles. The van der Waals surface area contributed by atoms with Crippen molar-refractivity contribution in [3.05, 3.63) is 59.8 Å². The smallest absolute Gasteiger partial charge is 0.254 e. The van der Waals surface area contributed by atoms with E-state index in [0.717, 1.165) is 0 Å². The summed E-state index contributed by atoms with van der Waals surface area (Å²) in [5.41, 5.74) is -0.0786. The number of benzene rings is 1. The lowest BCUT2D eigenvalue weighted by Gasteiger charge is -2.20. The van der Waals surface area contributed by atoms with Gasteiger partial charge in [0.2, 0.25) is 5.91 Å². The van der Waals surface area contributed by atoms with Gasteiger partial charge < -0.3 is 15.1 Å². The topological polar surface area (TPSA) is 71.3 Å². The lowest BCUT2D eigenvalue weighted by atomic mass is 10.0. The average molecular weight is 332 g/mol. The summed E-state index contributed by atoms with van der Waals surface area (Å²) >= 11 is 0. The fourth-order valence-corrected chi connectivity index (χ4v) is 2.29. The summed E-state index contributed by atoms with van der Waals surface area (Å²) in [6, 6.07) is 8.41. The summed E-state index contributed by atoms with van der Waals surface area (Å²) in [5.74, 6) is -0.747. The van der Waals surface area contributed by atoms with Crippen molar-refractivity contribution >= 4 is 11.8 Å². The van der Waals surface area contributed by atoms with Crippen molar-refractivity contribution in [3.8, 4) is 0 Å². The Morgan fingerprint density at radius 2 is 1.92 bits per heavy atom. The van der Waals surface area contributed by atoms with E-state index in [1.165, 1.54) is 24.5 Å². The zero-order valence-corrected chi connectivity index (χ0v) is 13.7. The molecule has 128 valence electrons. The molecule has 0 unspecified atom stereocenters. The largest absolute Gasteiger partial charge is 0.467 e. The zero-order valence-electron chi connectivity index (χ0n) is 13.7. The van der Waals surface area contributed by atoms with Crippen LogP contribution in [0.4, 0.5) is 4.39 Å². The van der Waals surface area contributed by atoms with Gasteiger partial charge in [-0.3, -0.25) is 9.59 Å². The maximum atomic E-state index is 13.7. The van der Waals surface area contributed by atoms with Crippen LogP contribution in [0, 0.1) is 11.7 Å². The molecule has 1 atom stereocenters. The van der Waals surface area contributed by atoms with Crippen molar-refractivity contribution < 1.29 is 18.4 Å². The number of amides is 2. The normalized spacial score (nSPS) is 12.0. The van der Waals surface area contributed by atoms with Crippen LogP contribution in [0.3, 0.4) is 0 Å². The first-order chi connectivity index (χ1) is 11.5. The first-order valence-electron chi connectivity index (χ1n) is 7.83. The Morgan fingerprint density at radius 3 is 2.54 bits per heavy atom. The zero-order chi connectivity index (χ0) is 17.5. The van der Waals surface area contributed by atoms with E-state index in [1.807, 2.05) is 13.8 Å². The highest BCUT2D eigenvalue weighted by molar-refractivity contribution is 5.97. The molecule has 1 heterocycles. The molecule has 6 heteroatoms. The minimum atomic E-state index is -0.743. The van der Waals surface area contributed by atoms with E-state index in [4.69, 9.17) is 4.42 Å². The second-order valence-corrected chi connectivity index (χ2v) is 5.93. The minimum Gasteiger partial charge on any atom is -0.467 e. The third-order valence-electron chi connectivity index (χ3n) is 3.46. The molecule has 0 aliphatic rings. The Kier molecular flexibility index (Phi) is 6.12. The molecule has 1 aromatic heterocycles. The third kappa shape index (κ3) is 4.94. The van der Waals surface area contributed by atoms with Gasteiger partial charge in [-0.25, -0.2) is 4.39 Å². The summed E-state index contributed by atoms with van der Waals surface area (Å²) in [6.07, 6.45) is 1.97. The molecular weight excluding hydrogens is 311 g/mol. The van der Waals surface area contributed by atoms with Crippen molar-refractivity contribution in [2.75, 3.05) is 0 Å². The Hall–Kier alpha value is -2.63. The van der Waals surface area contributed by atoms with E-state index >= 15 is 0 Å². The minimum absolute atomic E-state index is 0.0786. The van der Waals surface area contributed by atoms with Gasteiger partial charge in [-0.2, -0.15) is 0 Å². The molecule has 0 saturated heterocycles. The van der Waals surface area contributed by atoms with Gasteiger partial charge in [0.15, 0.2) is 0 Å². The molecule has 0 bridgehead atoms. The summed E-state index contributed by atoms with van der Waals surface area (Å²) < 4.78 is 18.9. The standard InChI is InChI=1S/C18H21FN2O3/c1-12(2)10-16(18(23)20-11-13-6-5-9-24-13)21-17(22)14-7-3-4-8-15(14)19/h3-9,12,16H,10-11H2,1-2H3,(H,20,23)(H,21,22)/t16-/m1/s1. The van der Waals surface area contributed by atoms with E-state index in [1.54, 1.807) is 18.2 Å². The molecule has 0 fully saturated rings. The molecule has 1 aromatic carbocycles. The van der Waals surface area contributed by atoms with Crippen LogP contribution in [0.25, 0.3) is 0 Å². The Bertz CT molecular complexity index is 683. The highest BCUT2D eigenvalue weighted by atomic mass is 19.1. The van der Waals surface area contributed by atoms with Crippen LogP contribution >= 0.6 is 0 Å². The quantitative estimate of drug-likeness (QED) is 0.819. The maximum absolute atomic E-state index is 13.7. The van der Waals surface area contributed by atoms with Crippen LogP contribution < -0.4 is 10.6 Å². The number of nitrogens with one attached hydrogen (secondary N) is 2. The summed E-state index contributed by atoms with van der Waals surface area (Å²) in [4.78, 5) is 24.6. The van der Waals surface area contributed by atoms with E-state index in [9.17, 15) is 14.0 Å². The van der Waals surface area contributed by atoms with Crippen LogP contribution in [0.1, 0.15) is 36.4 Å². The van der Waals surface area contributed by atoms with Crippen molar-refractivity contribution in [3.63, 3.8) is 0 Å². The van der Waals surface area contributed by atoms with E-state index in [2.05, 4.69) is 10.6 Å². The predicted octanol–water partition coefficient (Wildman–Crippen LogP) is 2.88. The summed E-state index contributed by atoms with van der Waals surface area (Å²) in [5, 5.41) is 5.33. The molecule has 0 aliphatic carbocycles. The van der Waals surface area contributed by atoms with Crippen LogP contribution in [0.15, 0.2) is 47.1 Å². The Labute approximate surface area is 140 Å². The lowest BCUT2D eigenvalue weighted by molar-refractivity contribution is -0.123. The monoisotopic (exact) mass is 332 g/mol. The molecule has 5 nitrogen and oxygen atoms in total. The number of halogens is 1. The van der Waals surface area contributed by atoms with Crippen LogP contribution in [-0.4, -0.2) is 17.9 Å². The Balaban J connectivity index is 2.03. The van der Waals surface area contributed by atoms with Crippen LogP contribution in [0.5, 0.6) is 0 Å². The van der Waals surface area contributed by atoms with E-state index in [0.29, 0.717) is 12.2 Å². The number of rotatable bonds is 7. The van der Waals surface area contributed by atoms with Crippen molar-refractivity contribution in [2.45, 2.75) is 32.9 Å². The lowest BCUT2D eigenvalue weighted by Crippen LogP contribution is -2.47. The molecule has 2 rings (SSSR count). The molecule has 2 amide bonds. The van der Waals surface area contributed by atoms with Crippen molar-refractivity contribution in [1.29, 1.82) is 0 Å². The van der Waals surface area contributed by atoms with Crippen LogP contribution in [-0.2, 0) is 11.3 Å². The highest BCUT2D eigenvalue weighted by Crippen LogP contribution is 2.10. The van der Waals surface area contributed by atoms with Gasteiger partial charge in [0.05, 0.1) is 18.4 Å². The molecule has 24 heavy (non-hydrogen) atoms. The van der Waals surface area contributed by atoms with Gasteiger partial charge in [0.25, 0.3) is 5.91 Å². The van der Waals surface area contributed by atoms with Gasteiger partial charge in [0, 0.05) is 0 Å². The maximum Gasteiger partial charge on any atom is 0.254 e. The predicted molar refractivity (Wildman–Crippen MR) is 87.7 cm³/mol. The second kappa shape index (κ2) is 8.29. The summed E-state index contributed by atoms with van der Waals surface area (Å²) in [6.45, 7) is 4.13. The number of hydrogen-bond donors (Lipinski definition) is 2. The molecule has 0 radical (unpaired) electrons. The van der Waals surface area contributed by atoms with Gasteiger partial charge in [-0.1, -0.05) is 26.0 Å². The van der Waals surface area contributed by atoms with Crippen LogP contribution in [0.2, 0.25) is 0 Å². The molecule has 0 aliphatic heterocycles. The SMILES string of the molecule is CC(C)C[C@@H](NC(=O)c1ccccc1F)C(=O)NCc1ccco1. The van der Waals surface area contributed by atoms with Crippen molar-refractivity contribution in [1.82, 2.24) is 10.6 Å². The van der Waals surface area contributed by atoms with Gasteiger partial charge >= 0.3 is 0 Å². The first-order valence-corrected chi connectivity index (χ1v) is 7.83.